The predicted molar refractivity (Wildman–Crippen MR) is 152 cm³/mol. The second-order valence-electron chi connectivity index (χ2n) is 8.33. The summed E-state index contributed by atoms with van der Waals surface area (Å²) in [7, 11) is 0. The molecule has 192 valence electrons. The molecule has 1 aliphatic heterocycles. The van der Waals surface area contributed by atoms with E-state index >= 15 is 0 Å². The van der Waals surface area contributed by atoms with Crippen molar-refractivity contribution in [3.63, 3.8) is 0 Å². The van der Waals surface area contributed by atoms with Crippen LogP contribution in [0.3, 0.4) is 0 Å². The monoisotopic (exact) mass is 611 g/mol. The Bertz CT molecular complexity index is 1550. The molecule has 1 fully saturated rings. The third-order valence-corrected chi connectivity index (χ3v) is 7.64. The lowest BCUT2D eigenvalue weighted by Crippen LogP contribution is -2.32. The number of halogens is 3. The normalized spacial score (nSPS) is 14.5. The van der Waals surface area contributed by atoms with E-state index in [1.165, 1.54) is 17.0 Å². The van der Waals surface area contributed by atoms with Crippen LogP contribution in [0.5, 0.6) is 11.5 Å². The predicted octanol–water partition coefficient (Wildman–Crippen LogP) is 8.09. The van der Waals surface area contributed by atoms with Crippen LogP contribution in [0.15, 0.2) is 88.2 Å². The highest BCUT2D eigenvalue weighted by Gasteiger charge is 2.35. The standard InChI is InChI=1S/C29H20BrClFNO4S/c30-20-11-12-25(37-17-22-23(31)8-4-9-24(22)32)19(15-20)16-27-28(34)33(29(35)38-27)13-14-36-26-10-3-6-18-5-1-2-7-21(18)26/h1-12,15-16H,13-14,17H2/b27-16-. The Morgan fingerprint density at radius 3 is 2.58 bits per heavy atom. The minimum absolute atomic E-state index is 0.0963. The molecule has 38 heavy (non-hydrogen) atoms. The number of hydrogen-bond donors (Lipinski definition) is 0. The number of nitrogens with zero attached hydrogens (tertiary/aromatic N) is 1. The van der Waals surface area contributed by atoms with Crippen LogP contribution in [0, 0.1) is 5.82 Å². The lowest BCUT2D eigenvalue weighted by Gasteiger charge is -2.14. The number of carbonyl (C=O) groups is 2. The molecule has 4 aromatic rings. The van der Waals surface area contributed by atoms with E-state index in [2.05, 4.69) is 15.9 Å². The van der Waals surface area contributed by atoms with Crippen LogP contribution < -0.4 is 9.47 Å². The summed E-state index contributed by atoms with van der Waals surface area (Å²) in [5.74, 6) is 0.225. The van der Waals surface area contributed by atoms with Gasteiger partial charge in [0, 0.05) is 21.0 Å². The maximum atomic E-state index is 14.2. The van der Waals surface area contributed by atoms with E-state index in [0.717, 1.165) is 27.0 Å². The molecule has 1 heterocycles. The molecular weight excluding hydrogens is 593 g/mol. The lowest BCUT2D eigenvalue weighted by atomic mass is 10.1. The zero-order valence-corrected chi connectivity index (χ0v) is 23.0. The van der Waals surface area contributed by atoms with Gasteiger partial charge in [0.1, 0.15) is 30.5 Å². The summed E-state index contributed by atoms with van der Waals surface area (Å²) < 4.78 is 26.7. The smallest absolute Gasteiger partial charge is 0.293 e. The van der Waals surface area contributed by atoms with Crippen LogP contribution in [-0.2, 0) is 11.4 Å². The first-order valence-electron chi connectivity index (χ1n) is 11.6. The average molecular weight is 613 g/mol. The van der Waals surface area contributed by atoms with Gasteiger partial charge in [-0.15, -0.1) is 0 Å². The average Bonchev–Trinajstić information content (AvgIpc) is 3.17. The Balaban J connectivity index is 1.29. The molecule has 9 heteroatoms. The maximum absolute atomic E-state index is 14.2. The first-order chi connectivity index (χ1) is 18.4. The van der Waals surface area contributed by atoms with Gasteiger partial charge in [-0.3, -0.25) is 14.5 Å². The number of ether oxygens (including phenoxy) is 2. The van der Waals surface area contributed by atoms with Crippen molar-refractivity contribution in [1.29, 1.82) is 0 Å². The van der Waals surface area contributed by atoms with Crippen LogP contribution in [0.4, 0.5) is 9.18 Å². The van der Waals surface area contributed by atoms with E-state index in [9.17, 15) is 14.0 Å². The zero-order chi connectivity index (χ0) is 26.6. The van der Waals surface area contributed by atoms with Gasteiger partial charge in [0.05, 0.1) is 16.5 Å². The summed E-state index contributed by atoms with van der Waals surface area (Å²) in [6, 6.07) is 23.3. The third kappa shape index (κ3) is 5.72. The minimum atomic E-state index is -0.469. The summed E-state index contributed by atoms with van der Waals surface area (Å²) in [6.07, 6.45) is 1.60. The van der Waals surface area contributed by atoms with E-state index < -0.39 is 11.7 Å². The largest absolute Gasteiger partial charge is 0.491 e. The highest BCUT2D eigenvalue weighted by atomic mass is 79.9. The number of hydrogen-bond acceptors (Lipinski definition) is 5. The first-order valence-corrected chi connectivity index (χ1v) is 13.6. The first kappa shape index (κ1) is 26.3. The molecule has 0 atom stereocenters. The van der Waals surface area contributed by atoms with Crippen molar-refractivity contribution in [3.05, 3.63) is 110 Å². The molecule has 5 nitrogen and oxygen atoms in total. The van der Waals surface area contributed by atoms with Crippen molar-refractivity contribution < 1.29 is 23.5 Å². The summed E-state index contributed by atoms with van der Waals surface area (Å²) in [4.78, 5) is 27.2. The van der Waals surface area contributed by atoms with Gasteiger partial charge in [0.25, 0.3) is 11.1 Å². The van der Waals surface area contributed by atoms with Crippen LogP contribution in [0.25, 0.3) is 16.8 Å². The molecule has 1 saturated heterocycles. The van der Waals surface area contributed by atoms with Gasteiger partial charge in [-0.1, -0.05) is 70.0 Å². The van der Waals surface area contributed by atoms with Crippen LogP contribution in [0.1, 0.15) is 11.1 Å². The fraction of sp³-hybridized carbons (Fsp3) is 0.103. The number of carbonyl (C=O) groups excluding carboxylic acids is 2. The molecular formula is C29H20BrClFNO4S. The fourth-order valence-electron chi connectivity index (χ4n) is 3.99. The van der Waals surface area contributed by atoms with Gasteiger partial charge < -0.3 is 9.47 Å². The van der Waals surface area contributed by atoms with Gasteiger partial charge in [0.15, 0.2) is 0 Å². The fourth-order valence-corrected chi connectivity index (χ4v) is 5.44. The van der Waals surface area contributed by atoms with Crippen molar-refractivity contribution in [3.8, 4) is 11.5 Å². The molecule has 5 rings (SSSR count). The van der Waals surface area contributed by atoms with E-state index in [-0.39, 0.29) is 40.5 Å². The third-order valence-electron chi connectivity index (χ3n) is 5.89. The Kier molecular flexibility index (Phi) is 8.02. The summed E-state index contributed by atoms with van der Waals surface area (Å²) >= 11 is 10.4. The van der Waals surface area contributed by atoms with Crippen LogP contribution >= 0.6 is 39.3 Å². The van der Waals surface area contributed by atoms with Crippen molar-refractivity contribution in [2.24, 2.45) is 0 Å². The number of benzene rings is 4. The summed E-state index contributed by atoms with van der Waals surface area (Å²) in [5, 5.41) is 1.89. The Morgan fingerprint density at radius 2 is 1.74 bits per heavy atom. The van der Waals surface area contributed by atoms with Crippen molar-refractivity contribution in [1.82, 2.24) is 4.90 Å². The Hall–Kier alpha value is -3.33. The van der Waals surface area contributed by atoms with Crippen LogP contribution in [-0.4, -0.2) is 29.2 Å². The van der Waals surface area contributed by atoms with E-state index in [4.69, 9.17) is 21.1 Å². The highest BCUT2D eigenvalue weighted by molar-refractivity contribution is 9.10. The van der Waals surface area contributed by atoms with Crippen molar-refractivity contribution in [2.45, 2.75) is 6.61 Å². The van der Waals surface area contributed by atoms with Crippen molar-refractivity contribution in [2.75, 3.05) is 13.2 Å². The van der Waals surface area contributed by atoms with Gasteiger partial charge >= 0.3 is 0 Å². The molecule has 1 aliphatic rings. The Labute approximate surface area is 236 Å². The SMILES string of the molecule is O=C1S/C(=C\c2cc(Br)ccc2OCc2c(F)cccc2Cl)C(=O)N1CCOc1cccc2ccccc12. The molecule has 0 radical (unpaired) electrons. The lowest BCUT2D eigenvalue weighted by molar-refractivity contribution is -0.123. The number of amides is 2. The van der Waals surface area contributed by atoms with E-state index in [1.54, 1.807) is 30.3 Å². The second-order valence-corrected chi connectivity index (χ2v) is 10.6. The summed E-state index contributed by atoms with van der Waals surface area (Å²) in [5.41, 5.74) is 0.791. The maximum Gasteiger partial charge on any atom is 0.293 e. The molecule has 4 aromatic carbocycles. The topological polar surface area (TPSA) is 55.8 Å². The quantitative estimate of drug-likeness (QED) is 0.188. The number of imide groups is 1. The highest BCUT2D eigenvalue weighted by Crippen LogP contribution is 2.35. The Morgan fingerprint density at radius 1 is 0.947 bits per heavy atom. The molecule has 0 unspecified atom stereocenters. The van der Waals surface area contributed by atoms with Gasteiger partial charge in [-0.2, -0.15) is 0 Å². The molecule has 0 aromatic heterocycles. The number of rotatable bonds is 8. The van der Waals surface area contributed by atoms with Crippen molar-refractivity contribution >= 4 is 67.3 Å². The second kappa shape index (κ2) is 11.6. The summed E-state index contributed by atoms with van der Waals surface area (Å²) in [6.45, 7) is 0.174. The molecule has 0 N–H and O–H groups in total. The molecule has 0 aliphatic carbocycles. The molecule has 0 bridgehead atoms. The molecule has 0 saturated carbocycles. The van der Waals surface area contributed by atoms with Gasteiger partial charge in [-0.25, -0.2) is 4.39 Å². The zero-order valence-electron chi connectivity index (χ0n) is 19.8. The number of thioether (sulfide) groups is 1. The molecule has 2 amide bonds. The van der Waals surface area contributed by atoms with E-state index in [1.807, 2.05) is 42.5 Å². The van der Waals surface area contributed by atoms with Gasteiger partial charge in [0.2, 0.25) is 0 Å². The van der Waals surface area contributed by atoms with E-state index in [0.29, 0.717) is 17.1 Å². The minimum Gasteiger partial charge on any atom is -0.491 e. The van der Waals surface area contributed by atoms with Gasteiger partial charge in [-0.05, 0) is 59.6 Å². The van der Waals surface area contributed by atoms with Crippen LogP contribution in [0.2, 0.25) is 5.02 Å². The number of fused-ring (bicyclic) bond motifs is 1. The molecule has 0 spiro atoms.